The van der Waals surface area contributed by atoms with Crippen LogP contribution >= 0.6 is 0 Å². The maximum absolute atomic E-state index is 13.9. The third kappa shape index (κ3) is 9.76. The minimum Gasteiger partial charge on any atom is -0.489 e. The van der Waals surface area contributed by atoms with Crippen LogP contribution in [0.5, 0.6) is 23.3 Å². The van der Waals surface area contributed by atoms with E-state index in [-0.39, 0.29) is 59.4 Å². The first kappa shape index (κ1) is 33.7. The average molecular weight is 555 g/mol. The Balaban J connectivity index is 3.61. The molecule has 2 atom stereocenters. The van der Waals surface area contributed by atoms with Gasteiger partial charge in [0.15, 0.2) is 18.3 Å². The lowest BCUT2D eigenvalue weighted by atomic mass is 9.89. The van der Waals surface area contributed by atoms with Crippen LogP contribution in [0.3, 0.4) is 0 Å². The maximum atomic E-state index is 13.9. The van der Waals surface area contributed by atoms with Gasteiger partial charge < -0.3 is 28.6 Å². The predicted octanol–water partition coefficient (Wildman–Crippen LogP) is 6.66. The predicted molar refractivity (Wildman–Crippen MR) is 153 cm³/mol. The minimum atomic E-state index is -1.28. The molecule has 1 rings (SSSR count). The van der Waals surface area contributed by atoms with Crippen LogP contribution in [-0.2, 0) is 4.74 Å². The second-order valence-corrected chi connectivity index (χ2v) is 17.2. The van der Waals surface area contributed by atoms with E-state index in [0.717, 1.165) is 12.5 Å². The van der Waals surface area contributed by atoms with Crippen molar-refractivity contribution in [2.75, 3.05) is 27.6 Å². The van der Waals surface area contributed by atoms with Crippen molar-refractivity contribution < 1.29 is 33.3 Å². The van der Waals surface area contributed by atoms with Gasteiger partial charge in [-0.1, -0.05) is 46.8 Å². The van der Waals surface area contributed by atoms with Crippen LogP contribution in [0.15, 0.2) is 0 Å². The zero-order valence-corrected chi connectivity index (χ0v) is 26.6. The molecule has 1 aromatic rings. The third-order valence-electron chi connectivity index (χ3n) is 6.38. The van der Waals surface area contributed by atoms with Gasteiger partial charge in [-0.3, -0.25) is 4.79 Å². The normalized spacial score (nSPS) is 13.3. The number of methoxy groups -OCH3 is 2. The average Bonchev–Trinajstić information content (AvgIpc) is 2.81. The molecule has 0 saturated carbocycles. The molecule has 1 amide bonds. The van der Waals surface area contributed by atoms with Gasteiger partial charge in [0.1, 0.15) is 5.56 Å². The van der Waals surface area contributed by atoms with E-state index in [1.54, 1.807) is 4.90 Å². The van der Waals surface area contributed by atoms with E-state index in [0.29, 0.717) is 18.9 Å². The number of ether oxygens (including phenoxy) is 5. The summed E-state index contributed by atoms with van der Waals surface area (Å²) in [5, 5.41) is 0. The number of Topliss-reactive ketones (excluding diaryl/α,β-unsaturated/α-hetero) is 1. The van der Waals surface area contributed by atoms with E-state index < -0.39 is 14.2 Å². The molecule has 0 aromatic carbocycles. The highest BCUT2D eigenvalue weighted by atomic mass is 28.3. The lowest BCUT2D eigenvalue weighted by Gasteiger charge is -2.30. The van der Waals surface area contributed by atoms with Crippen molar-refractivity contribution in [3.05, 3.63) is 5.56 Å². The summed E-state index contributed by atoms with van der Waals surface area (Å²) in [6, 6.07) is 0.712. The zero-order chi connectivity index (χ0) is 29.2. The van der Waals surface area contributed by atoms with Crippen molar-refractivity contribution in [1.82, 2.24) is 9.88 Å². The fourth-order valence-corrected chi connectivity index (χ4v) is 4.82. The van der Waals surface area contributed by atoms with Crippen molar-refractivity contribution in [2.45, 2.75) is 99.1 Å². The molecule has 218 valence electrons. The number of amides is 1. The number of nitrogens with zero attached hydrogens (tertiary/aromatic N) is 2. The van der Waals surface area contributed by atoms with Crippen molar-refractivity contribution in [3.8, 4) is 23.3 Å². The molecule has 9 nitrogen and oxygen atoms in total. The Hall–Kier alpha value is -2.33. The van der Waals surface area contributed by atoms with Gasteiger partial charge in [0.2, 0.25) is 11.6 Å². The second kappa shape index (κ2) is 15.3. The van der Waals surface area contributed by atoms with E-state index in [2.05, 4.69) is 38.5 Å². The van der Waals surface area contributed by atoms with Crippen LogP contribution in [0.25, 0.3) is 0 Å². The number of rotatable bonds is 16. The van der Waals surface area contributed by atoms with E-state index in [1.165, 1.54) is 14.2 Å². The zero-order valence-electron chi connectivity index (χ0n) is 25.6. The molecule has 0 aliphatic carbocycles. The molecule has 0 fully saturated rings. The summed E-state index contributed by atoms with van der Waals surface area (Å²) in [5.41, 5.74) is 0.0491. The first-order valence-corrected chi connectivity index (χ1v) is 17.3. The molecule has 0 spiro atoms. The number of aromatic nitrogens is 1. The molecule has 0 saturated heterocycles. The second-order valence-electron chi connectivity index (χ2n) is 11.6. The van der Waals surface area contributed by atoms with Gasteiger partial charge in [-0.15, -0.1) is 0 Å². The molecular weight excluding hydrogens is 504 g/mol. The number of hydrogen-bond acceptors (Lipinski definition) is 8. The molecule has 0 N–H and O–H groups in total. The van der Waals surface area contributed by atoms with Crippen LogP contribution in [0.4, 0.5) is 4.79 Å². The monoisotopic (exact) mass is 554 g/mol. The van der Waals surface area contributed by atoms with E-state index in [1.807, 2.05) is 34.6 Å². The van der Waals surface area contributed by atoms with Gasteiger partial charge in [0, 0.05) is 32.7 Å². The van der Waals surface area contributed by atoms with Crippen LogP contribution in [0.2, 0.25) is 25.7 Å². The Bertz CT molecular complexity index is 907. The largest absolute Gasteiger partial charge is 0.489 e. The molecule has 0 aliphatic heterocycles. The molecule has 2 unspecified atom stereocenters. The van der Waals surface area contributed by atoms with Crippen molar-refractivity contribution in [2.24, 2.45) is 11.8 Å². The number of hydrogen-bond donors (Lipinski definition) is 0. The summed E-state index contributed by atoms with van der Waals surface area (Å²) in [4.78, 5) is 33.3. The standard InChI is InChI=1S/C28H50N2O7Si/c1-13-20(6)16-21(7)23(31)22-24(37-28(32)30(18(2)3)19(4)5)25(33-8)27(34-9)29-26(22)36-17-35-14-15-38(10,11)12/h18-21H,13-17H2,1-12H3. The van der Waals surface area contributed by atoms with E-state index in [9.17, 15) is 9.59 Å². The topological polar surface area (TPSA) is 96.4 Å². The van der Waals surface area contributed by atoms with Crippen LogP contribution < -0.4 is 18.9 Å². The number of carbonyl (C=O) groups excluding carboxylic acids is 2. The van der Waals surface area contributed by atoms with Crippen LogP contribution in [0.1, 0.15) is 71.7 Å². The van der Waals surface area contributed by atoms with E-state index >= 15 is 0 Å². The van der Waals surface area contributed by atoms with Crippen LogP contribution in [0, 0.1) is 11.8 Å². The Morgan fingerprint density at radius 2 is 1.53 bits per heavy atom. The first-order chi connectivity index (χ1) is 17.7. The SMILES string of the molecule is CCC(C)CC(C)C(=O)c1c(OCOCC[Si](C)(C)C)nc(OC)c(OC)c1OC(=O)N(C(C)C)C(C)C. The molecule has 1 aromatic heterocycles. The van der Waals surface area contributed by atoms with Crippen molar-refractivity contribution >= 4 is 20.0 Å². The highest BCUT2D eigenvalue weighted by molar-refractivity contribution is 6.76. The van der Waals surface area contributed by atoms with Gasteiger partial charge in [-0.2, -0.15) is 4.98 Å². The first-order valence-electron chi connectivity index (χ1n) is 13.6. The van der Waals surface area contributed by atoms with Crippen molar-refractivity contribution in [1.29, 1.82) is 0 Å². The Morgan fingerprint density at radius 3 is 2.00 bits per heavy atom. The molecular formula is C28H50N2O7Si. The fraction of sp³-hybridized carbons (Fsp3) is 0.750. The number of carbonyl (C=O) groups is 2. The highest BCUT2D eigenvalue weighted by Gasteiger charge is 2.34. The molecule has 10 heteroatoms. The lowest BCUT2D eigenvalue weighted by molar-refractivity contribution is 0.0181. The van der Waals surface area contributed by atoms with Gasteiger partial charge in [-0.05, 0) is 46.1 Å². The Morgan fingerprint density at radius 1 is 0.921 bits per heavy atom. The summed E-state index contributed by atoms with van der Waals surface area (Å²) >= 11 is 0. The minimum absolute atomic E-state index is 0.0138. The summed E-state index contributed by atoms with van der Waals surface area (Å²) in [6.07, 6.45) is 0.991. The maximum Gasteiger partial charge on any atom is 0.415 e. The fourth-order valence-electron chi connectivity index (χ4n) is 4.06. The molecule has 38 heavy (non-hydrogen) atoms. The lowest BCUT2D eigenvalue weighted by Crippen LogP contribution is -2.44. The number of ketones is 1. The van der Waals surface area contributed by atoms with Crippen LogP contribution in [-0.4, -0.2) is 69.5 Å². The summed E-state index contributed by atoms with van der Waals surface area (Å²) in [7, 11) is 1.55. The molecule has 0 aliphatic rings. The van der Waals surface area contributed by atoms with Gasteiger partial charge >= 0.3 is 6.09 Å². The van der Waals surface area contributed by atoms with Crippen molar-refractivity contribution in [3.63, 3.8) is 0 Å². The van der Waals surface area contributed by atoms with Gasteiger partial charge in [-0.25, -0.2) is 4.79 Å². The highest BCUT2D eigenvalue weighted by Crippen LogP contribution is 2.44. The third-order valence-corrected chi connectivity index (χ3v) is 8.08. The molecule has 1 heterocycles. The quantitative estimate of drug-likeness (QED) is 0.0968. The van der Waals surface area contributed by atoms with Gasteiger partial charge in [0.25, 0.3) is 5.88 Å². The van der Waals surface area contributed by atoms with Gasteiger partial charge in [0.05, 0.1) is 14.2 Å². The van der Waals surface area contributed by atoms with E-state index in [4.69, 9.17) is 23.7 Å². The molecule has 0 bridgehead atoms. The Labute approximate surface area is 230 Å². The smallest absolute Gasteiger partial charge is 0.415 e. The summed E-state index contributed by atoms with van der Waals surface area (Å²) < 4.78 is 28.5. The molecule has 0 radical (unpaired) electrons. The number of pyridine rings is 1. The summed E-state index contributed by atoms with van der Waals surface area (Å²) in [6.45, 7) is 20.9. The Kier molecular flexibility index (Phi) is 13.6. The summed E-state index contributed by atoms with van der Waals surface area (Å²) in [5.74, 6) is -0.268.